The van der Waals surface area contributed by atoms with Gasteiger partial charge in [-0.1, -0.05) is 18.6 Å². The molecule has 0 N–H and O–H groups in total. The largest absolute Gasteiger partial charge is 0.451 e. The standard InChI is InChI=1S/C23H30O4/c1-13-11-20-18(17-6-5-16(26)12-19(13)17)7-9-22(4)21(20)8-10-23(22,14(2)24)27-15(3)25/h11-12,17-18,20-21H,5-10H2,1-4H3/t17-,18-,20+,21+,22-,23-/m0/s1. The van der Waals surface area contributed by atoms with Gasteiger partial charge in [0.05, 0.1) is 0 Å². The lowest BCUT2D eigenvalue weighted by molar-refractivity contribution is -0.184. The summed E-state index contributed by atoms with van der Waals surface area (Å²) < 4.78 is 5.79. The van der Waals surface area contributed by atoms with Crippen molar-refractivity contribution < 1.29 is 19.1 Å². The average Bonchev–Trinajstić information content (AvgIpc) is 2.89. The molecule has 27 heavy (non-hydrogen) atoms. The van der Waals surface area contributed by atoms with Crippen molar-refractivity contribution in [1.82, 2.24) is 0 Å². The Bertz CT molecular complexity index is 775. The number of rotatable bonds is 2. The maximum Gasteiger partial charge on any atom is 0.303 e. The molecule has 0 spiro atoms. The maximum atomic E-state index is 12.7. The zero-order chi connectivity index (χ0) is 19.6. The van der Waals surface area contributed by atoms with E-state index in [2.05, 4.69) is 19.9 Å². The SMILES string of the molecule is CC(=O)O[C@]1(C(C)=O)CC[C@@H]2[C@@H]3C=C(C)C4=CC(=O)CC[C@H]4[C@@H]3CC[C@@]21C. The first-order chi connectivity index (χ1) is 12.7. The second kappa shape index (κ2) is 6.15. The summed E-state index contributed by atoms with van der Waals surface area (Å²) in [6.45, 7) is 7.29. The van der Waals surface area contributed by atoms with Crippen LogP contribution in [0.3, 0.4) is 0 Å². The van der Waals surface area contributed by atoms with Crippen LogP contribution < -0.4 is 0 Å². The van der Waals surface area contributed by atoms with Gasteiger partial charge >= 0.3 is 5.97 Å². The third-order valence-electron chi connectivity index (χ3n) is 8.22. The van der Waals surface area contributed by atoms with E-state index >= 15 is 0 Å². The van der Waals surface area contributed by atoms with Crippen LogP contribution in [0, 0.1) is 29.1 Å². The predicted octanol–water partition coefficient (Wildman–Crippen LogP) is 4.19. The lowest BCUT2D eigenvalue weighted by Gasteiger charge is -2.54. The number of hydrogen-bond acceptors (Lipinski definition) is 4. The van der Waals surface area contributed by atoms with Gasteiger partial charge in [0.25, 0.3) is 0 Å². The second-order valence-electron chi connectivity index (χ2n) is 9.38. The van der Waals surface area contributed by atoms with E-state index in [0.717, 1.165) is 25.7 Å². The molecule has 4 rings (SSSR count). The monoisotopic (exact) mass is 370 g/mol. The summed E-state index contributed by atoms with van der Waals surface area (Å²) in [5, 5.41) is 0. The van der Waals surface area contributed by atoms with Gasteiger partial charge in [-0.3, -0.25) is 14.4 Å². The van der Waals surface area contributed by atoms with Crippen molar-refractivity contribution in [3.8, 4) is 0 Å². The van der Waals surface area contributed by atoms with Crippen LogP contribution in [0.15, 0.2) is 23.3 Å². The molecule has 0 heterocycles. The maximum absolute atomic E-state index is 12.7. The number of carbonyl (C=O) groups excluding carboxylic acids is 3. The number of carbonyl (C=O) groups is 3. The van der Waals surface area contributed by atoms with Gasteiger partial charge in [-0.25, -0.2) is 0 Å². The molecule has 4 aliphatic rings. The van der Waals surface area contributed by atoms with Gasteiger partial charge < -0.3 is 4.74 Å². The average molecular weight is 370 g/mol. The molecule has 2 fully saturated rings. The van der Waals surface area contributed by atoms with Gasteiger partial charge in [-0.15, -0.1) is 0 Å². The number of hydrogen-bond donors (Lipinski definition) is 0. The molecule has 0 aromatic rings. The summed E-state index contributed by atoms with van der Waals surface area (Å²) in [5.41, 5.74) is 1.18. The zero-order valence-corrected chi connectivity index (χ0v) is 16.8. The molecule has 6 atom stereocenters. The molecule has 0 amide bonds. The molecule has 0 unspecified atom stereocenters. The van der Waals surface area contributed by atoms with E-state index in [9.17, 15) is 14.4 Å². The number of fused-ring (bicyclic) bond motifs is 5. The Morgan fingerprint density at radius 3 is 2.56 bits per heavy atom. The fourth-order valence-electron chi connectivity index (χ4n) is 7.04. The first kappa shape index (κ1) is 18.6. The molecular formula is C23H30O4. The zero-order valence-electron chi connectivity index (χ0n) is 16.8. The first-order valence-electron chi connectivity index (χ1n) is 10.3. The molecule has 146 valence electrons. The minimum Gasteiger partial charge on any atom is -0.451 e. The molecule has 0 radical (unpaired) electrons. The van der Waals surface area contributed by atoms with Gasteiger partial charge in [0, 0.05) is 18.8 Å². The van der Waals surface area contributed by atoms with Crippen molar-refractivity contribution in [3.05, 3.63) is 23.3 Å². The van der Waals surface area contributed by atoms with Gasteiger partial charge in [0.2, 0.25) is 0 Å². The lowest BCUT2D eigenvalue weighted by Crippen LogP contribution is -2.57. The van der Waals surface area contributed by atoms with Crippen molar-refractivity contribution in [1.29, 1.82) is 0 Å². The van der Waals surface area contributed by atoms with E-state index in [1.165, 1.54) is 18.1 Å². The minimum atomic E-state index is -0.977. The molecular weight excluding hydrogens is 340 g/mol. The molecule has 0 aromatic heterocycles. The van der Waals surface area contributed by atoms with Crippen LogP contribution >= 0.6 is 0 Å². The van der Waals surface area contributed by atoms with Gasteiger partial charge in [0.1, 0.15) is 0 Å². The van der Waals surface area contributed by atoms with Crippen LogP contribution in [-0.2, 0) is 19.1 Å². The van der Waals surface area contributed by atoms with E-state index < -0.39 is 5.60 Å². The predicted molar refractivity (Wildman–Crippen MR) is 102 cm³/mol. The summed E-state index contributed by atoms with van der Waals surface area (Å²) in [6, 6.07) is 0. The van der Waals surface area contributed by atoms with Crippen LogP contribution in [0.2, 0.25) is 0 Å². The number of ketones is 2. The summed E-state index contributed by atoms with van der Waals surface area (Å²) in [5.74, 6) is 1.61. The number of allylic oxidation sites excluding steroid dienone is 4. The van der Waals surface area contributed by atoms with E-state index in [0.29, 0.717) is 36.5 Å². The fraction of sp³-hybridized carbons (Fsp3) is 0.696. The highest BCUT2D eigenvalue weighted by atomic mass is 16.6. The fourth-order valence-corrected chi connectivity index (χ4v) is 7.04. The summed E-state index contributed by atoms with van der Waals surface area (Å²) in [7, 11) is 0. The highest BCUT2D eigenvalue weighted by Crippen LogP contribution is 2.65. The Hall–Kier alpha value is -1.71. The highest BCUT2D eigenvalue weighted by molar-refractivity contribution is 5.92. The smallest absolute Gasteiger partial charge is 0.303 e. The molecule has 0 saturated heterocycles. The third-order valence-corrected chi connectivity index (χ3v) is 8.22. The molecule has 2 saturated carbocycles. The Kier molecular flexibility index (Phi) is 4.25. The molecule has 0 aromatic carbocycles. The number of Topliss-reactive ketones (excluding diaryl/α,β-unsaturated/α-hetero) is 1. The van der Waals surface area contributed by atoms with Crippen LogP contribution in [0.1, 0.15) is 66.2 Å². The Morgan fingerprint density at radius 1 is 1.15 bits per heavy atom. The normalized spacial score (nSPS) is 43.0. The Labute approximate surface area is 161 Å². The lowest BCUT2D eigenvalue weighted by atomic mass is 9.51. The summed E-state index contributed by atoms with van der Waals surface area (Å²) in [6.07, 6.45) is 9.29. The summed E-state index contributed by atoms with van der Waals surface area (Å²) >= 11 is 0. The van der Waals surface area contributed by atoms with Crippen molar-refractivity contribution in [2.24, 2.45) is 29.1 Å². The minimum absolute atomic E-state index is 0.0125. The van der Waals surface area contributed by atoms with Gasteiger partial charge in [-0.05, 0) is 81.3 Å². The molecule has 4 nitrogen and oxygen atoms in total. The third kappa shape index (κ3) is 2.51. The Balaban J connectivity index is 1.75. The highest BCUT2D eigenvalue weighted by Gasteiger charge is 2.66. The van der Waals surface area contributed by atoms with Crippen molar-refractivity contribution in [2.45, 2.75) is 71.8 Å². The van der Waals surface area contributed by atoms with Crippen LogP contribution in [-0.4, -0.2) is 23.1 Å². The van der Waals surface area contributed by atoms with Crippen molar-refractivity contribution in [2.75, 3.05) is 0 Å². The Morgan fingerprint density at radius 2 is 1.89 bits per heavy atom. The molecule has 4 heteroatoms. The van der Waals surface area contributed by atoms with E-state index in [1.54, 1.807) is 6.92 Å². The van der Waals surface area contributed by atoms with Crippen LogP contribution in [0.25, 0.3) is 0 Å². The van der Waals surface area contributed by atoms with Crippen molar-refractivity contribution in [3.63, 3.8) is 0 Å². The van der Waals surface area contributed by atoms with E-state index in [1.807, 2.05) is 6.08 Å². The first-order valence-corrected chi connectivity index (χ1v) is 10.3. The van der Waals surface area contributed by atoms with Gasteiger partial charge in [-0.2, -0.15) is 0 Å². The molecule has 0 bridgehead atoms. The van der Waals surface area contributed by atoms with Crippen molar-refractivity contribution >= 4 is 17.5 Å². The quantitative estimate of drug-likeness (QED) is 0.684. The number of esters is 1. The van der Waals surface area contributed by atoms with E-state index in [4.69, 9.17) is 4.74 Å². The second-order valence-corrected chi connectivity index (χ2v) is 9.38. The molecule has 0 aliphatic heterocycles. The topological polar surface area (TPSA) is 60.4 Å². The van der Waals surface area contributed by atoms with Crippen LogP contribution in [0.4, 0.5) is 0 Å². The van der Waals surface area contributed by atoms with Gasteiger partial charge in [0.15, 0.2) is 17.2 Å². The molecule has 4 aliphatic carbocycles. The number of ether oxygens (including phenoxy) is 1. The van der Waals surface area contributed by atoms with E-state index in [-0.39, 0.29) is 23.0 Å². The summed E-state index contributed by atoms with van der Waals surface area (Å²) in [4.78, 5) is 36.5. The van der Waals surface area contributed by atoms with Crippen LogP contribution in [0.5, 0.6) is 0 Å².